The minimum absolute atomic E-state index is 0.00388. The van der Waals surface area contributed by atoms with Crippen molar-refractivity contribution in [2.24, 2.45) is 5.92 Å². The lowest BCUT2D eigenvalue weighted by Crippen LogP contribution is -2.34. The van der Waals surface area contributed by atoms with Gasteiger partial charge in [-0.05, 0) is 5.92 Å². The highest BCUT2D eigenvalue weighted by Gasteiger charge is 2.30. The van der Waals surface area contributed by atoms with Gasteiger partial charge in [-0.2, -0.15) is 8.78 Å². The maximum atomic E-state index is 13.6. The van der Waals surface area contributed by atoms with E-state index in [9.17, 15) is 8.78 Å². The number of hydrogen-bond acceptors (Lipinski definition) is 2. The summed E-state index contributed by atoms with van der Waals surface area (Å²) in [6.07, 6.45) is 0. The summed E-state index contributed by atoms with van der Waals surface area (Å²) in [6, 6.07) is 7.73. The van der Waals surface area contributed by atoms with E-state index in [2.05, 4.69) is 5.32 Å². The quantitative estimate of drug-likeness (QED) is 0.782. The molecule has 0 aromatic heterocycles. The maximum absolute atomic E-state index is 13.6. The lowest BCUT2D eigenvalue weighted by Gasteiger charge is -2.18. The van der Waals surface area contributed by atoms with Crippen LogP contribution in [-0.2, 0) is 5.92 Å². The molecule has 0 aliphatic heterocycles. The Morgan fingerprint density at radius 1 is 1.31 bits per heavy atom. The highest BCUT2D eigenvalue weighted by molar-refractivity contribution is 5.20. The number of rotatable bonds is 6. The van der Waals surface area contributed by atoms with Crippen molar-refractivity contribution in [1.29, 1.82) is 0 Å². The third kappa shape index (κ3) is 3.87. The molecule has 16 heavy (non-hydrogen) atoms. The topological polar surface area (TPSA) is 32.3 Å². The van der Waals surface area contributed by atoms with Gasteiger partial charge in [0, 0.05) is 18.7 Å². The molecule has 0 radical (unpaired) electrons. The largest absolute Gasteiger partial charge is 0.396 e. The first-order valence-corrected chi connectivity index (χ1v) is 5.31. The first kappa shape index (κ1) is 13.1. The average molecular weight is 229 g/mol. The van der Waals surface area contributed by atoms with Crippen LogP contribution in [0.1, 0.15) is 12.5 Å². The fourth-order valence-electron chi connectivity index (χ4n) is 1.32. The molecular formula is C12H17F2NO. The summed E-state index contributed by atoms with van der Waals surface area (Å²) in [4.78, 5) is 0. The van der Waals surface area contributed by atoms with E-state index in [1.54, 1.807) is 25.1 Å². The third-order valence-corrected chi connectivity index (χ3v) is 2.35. The van der Waals surface area contributed by atoms with Crippen LogP contribution in [0.5, 0.6) is 0 Å². The van der Waals surface area contributed by atoms with E-state index in [-0.39, 0.29) is 18.1 Å². The van der Waals surface area contributed by atoms with Crippen molar-refractivity contribution in [1.82, 2.24) is 5.32 Å². The van der Waals surface area contributed by atoms with Crippen LogP contribution in [0.2, 0.25) is 0 Å². The number of alkyl halides is 2. The zero-order valence-electron chi connectivity index (χ0n) is 9.29. The summed E-state index contributed by atoms with van der Waals surface area (Å²) < 4.78 is 27.2. The molecule has 90 valence electrons. The Balaban J connectivity index is 2.46. The van der Waals surface area contributed by atoms with Crippen molar-refractivity contribution in [3.05, 3.63) is 35.9 Å². The molecule has 4 heteroatoms. The Labute approximate surface area is 94.3 Å². The molecular weight excluding hydrogens is 212 g/mol. The standard InChI is InChI=1S/C12H17F2NO/c1-10(8-16)7-15-9-12(13,14)11-5-3-2-4-6-11/h2-6,10,15-16H,7-9H2,1H3. The SMILES string of the molecule is CC(CO)CNCC(F)(F)c1ccccc1. The third-order valence-electron chi connectivity index (χ3n) is 2.35. The first-order chi connectivity index (χ1) is 7.56. The summed E-state index contributed by atoms with van der Waals surface area (Å²) in [5, 5.41) is 11.4. The van der Waals surface area contributed by atoms with Crippen LogP contribution >= 0.6 is 0 Å². The van der Waals surface area contributed by atoms with Crippen LogP contribution in [0, 0.1) is 5.92 Å². The molecule has 0 saturated carbocycles. The van der Waals surface area contributed by atoms with E-state index >= 15 is 0 Å². The highest BCUT2D eigenvalue weighted by atomic mass is 19.3. The summed E-state index contributed by atoms with van der Waals surface area (Å²) in [5.74, 6) is -2.87. The minimum Gasteiger partial charge on any atom is -0.396 e. The Morgan fingerprint density at radius 3 is 2.50 bits per heavy atom. The minimum atomic E-state index is -2.86. The van der Waals surface area contributed by atoms with Gasteiger partial charge in [0.2, 0.25) is 0 Å². The molecule has 0 spiro atoms. The Morgan fingerprint density at radius 2 is 1.94 bits per heavy atom. The Bertz CT molecular complexity index is 303. The van der Waals surface area contributed by atoms with Crippen molar-refractivity contribution >= 4 is 0 Å². The molecule has 0 saturated heterocycles. The van der Waals surface area contributed by atoms with E-state index in [0.717, 1.165) is 0 Å². The smallest absolute Gasteiger partial charge is 0.285 e. The lowest BCUT2D eigenvalue weighted by atomic mass is 10.1. The molecule has 2 N–H and O–H groups in total. The summed E-state index contributed by atoms with van der Waals surface area (Å²) >= 11 is 0. The van der Waals surface area contributed by atoms with E-state index in [1.807, 2.05) is 0 Å². The summed E-state index contributed by atoms with van der Waals surface area (Å²) in [6.45, 7) is 1.79. The fourth-order valence-corrected chi connectivity index (χ4v) is 1.32. The molecule has 1 atom stereocenters. The average Bonchev–Trinajstić information content (AvgIpc) is 2.30. The number of nitrogens with one attached hydrogen (secondary N) is 1. The molecule has 0 fully saturated rings. The van der Waals surface area contributed by atoms with Gasteiger partial charge < -0.3 is 10.4 Å². The molecule has 0 aliphatic carbocycles. The molecule has 0 heterocycles. The Kier molecular flexibility index (Phi) is 4.83. The Hall–Kier alpha value is -1.00. The summed E-state index contributed by atoms with van der Waals surface area (Å²) in [5.41, 5.74) is 0.0131. The number of aliphatic hydroxyl groups is 1. The maximum Gasteiger partial charge on any atom is 0.285 e. The highest BCUT2D eigenvalue weighted by Crippen LogP contribution is 2.26. The van der Waals surface area contributed by atoms with Crippen molar-refractivity contribution < 1.29 is 13.9 Å². The zero-order chi connectivity index (χ0) is 12.0. The number of hydrogen-bond donors (Lipinski definition) is 2. The second kappa shape index (κ2) is 5.92. The second-order valence-electron chi connectivity index (χ2n) is 3.99. The van der Waals surface area contributed by atoms with Gasteiger partial charge in [0.25, 0.3) is 5.92 Å². The van der Waals surface area contributed by atoms with Crippen molar-refractivity contribution in [2.45, 2.75) is 12.8 Å². The van der Waals surface area contributed by atoms with Gasteiger partial charge in [0.15, 0.2) is 0 Å². The van der Waals surface area contributed by atoms with E-state index < -0.39 is 12.5 Å². The molecule has 1 unspecified atom stereocenters. The van der Waals surface area contributed by atoms with Crippen molar-refractivity contribution in [3.8, 4) is 0 Å². The monoisotopic (exact) mass is 229 g/mol. The van der Waals surface area contributed by atoms with Gasteiger partial charge in [-0.15, -0.1) is 0 Å². The van der Waals surface area contributed by atoms with E-state index in [4.69, 9.17) is 5.11 Å². The molecule has 0 amide bonds. The molecule has 1 aromatic carbocycles. The van der Waals surface area contributed by atoms with Gasteiger partial charge in [-0.1, -0.05) is 37.3 Å². The van der Waals surface area contributed by atoms with Gasteiger partial charge >= 0.3 is 0 Å². The van der Waals surface area contributed by atoms with Crippen LogP contribution in [0.15, 0.2) is 30.3 Å². The van der Waals surface area contributed by atoms with Crippen LogP contribution in [0.25, 0.3) is 0 Å². The molecule has 1 aromatic rings. The summed E-state index contributed by atoms with van der Waals surface area (Å²) in [7, 11) is 0. The molecule has 0 bridgehead atoms. The molecule has 1 rings (SSSR count). The zero-order valence-corrected chi connectivity index (χ0v) is 9.29. The number of benzene rings is 1. The molecule has 0 aliphatic rings. The normalized spacial score (nSPS) is 13.8. The lowest BCUT2D eigenvalue weighted by molar-refractivity contribution is -0.00416. The van der Waals surface area contributed by atoms with Gasteiger partial charge in [0.1, 0.15) is 0 Å². The van der Waals surface area contributed by atoms with E-state index in [1.165, 1.54) is 12.1 Å². The molecule has 2 nitrogen and oxygen atoms in total. The van der Waals surface area contributed by atoms with Crippen LogP contribution < -0.4 is 5.32 Å². The van der Waals surface area contributed by atoms with Gasteiger partial charge in [0.05, 0.1) is 6.54 Å². The van der Waals surface area contributed by atoms with Crippen LogP contribution in [-0.4, -0.2) is 24.8 Å². The van der Waals surface area contributed by atoms with Gasteiger partial charge in [-0.3, -0.25) is 0 Å². The number of aliphatic hydroxyl groups excluding tert-OH is 1. The first-order valence-electron chi connectivity index (χ1n) is 5.31. The van der Waals surface area contributed by atoms with Gasteiger partial charge in [-0.25, -0.2) is 0 Å². The van der Waals surface area contributed by atoms with Crippen molar-refractivity contribution in [2.75, 3.05) is 19.7 Å². The fraction of sp³-hybridized carbons (Fsp3) is 0.500. The number of halogens is 2. The predicted molar refractivity (Wildman–Crippen MR) is 59.5 cm³/mol. The van der Waals surface area contributed by atoms with Crippen LogP contribution in [0.4, 0.5) is 8.78 Å². The second-order valence-corrected chi connectivity index (χ2v) is 3.99. The predicted octanol–water partition coefficient (Wildman–Crippen LogP) is 2.00. The van der Waals surface area contributed by atoms with Crippen LogP contribution in [0.3, 0.4) is 0 Å². The van der Waals surface area contributed by atoms with Crippen molar-refractivity contribution in [3.63, 3.8) is 0 Å². The van der Waals surface area contributed by atoms with E-state index in [0.29, 0.717) is 6.54 Å².